The number of benzene rings is 4. The number of aliphatic imine (C=N–C) groups is 1. The summed E-state index contributed by atoms with van der Waals surface area (Å²) in [6.07, 6.45) is 2.83. The molecule has 5 aromatic rings. The van der Waals surface area contributed by atoms with Crippen LogP contribution in [0, 0.1) is 27.7 Å². The third kappa shape index (κ3) is 7.25. The topological polar surface area (TPSA) is 109 Å². The van der Waals surface area contributed by atoms with Crippen molar-refractivity contribution in [1.82, 2.24) is 4.98 Å². The Hall–Kier alpha value is -5.56. The molecule has 0 aliphatic rings. The molecule has 0 atom stereocenters. The zero-order chi connectivity index (χ0) is 31.8. The standard InChI is InChI=1S/C19H19NO3.C18H15NO2/c1-13-9-10-15(11-14(13)2)18(21)17(19(22)23-3)12-20-16-7-5-4-6-8-16;1-11-7-8-13(9-12(11)2)17(20)15-10-19-16-6-4-3-5-14(16)18(15)21/h4-12,21H,1-3H3;3-10H,1-2H3,(H,19,21). The number of nitrogens with one attached hydrogen (secondary N) is 1. The average molecular weight is 587 g/mol. The number of carbonyl (C=O) groups is 2. The molecule has 0 fully saturated rings. The van der Waals surface area contributed by atoms with E-state index in [1.54, 1.807) is 36.4 Å². The number of fused-ring (bicyclic) bond motifs is 1. The molecular weight excluding hydrogens is 552 g/mol. The molecule has 4 aromatic carbocycles. The number of methoxy groups -OCH3 is 1. The minimum atomic E-state index is -0.639. The summed E-state index contributed by atoms with van der Waals surface area (Å²) in [7, 11) is 1.27. The van der Waals surface area contributed by atoms with Crippen LogP contribution in [-0.4, -0.2) is 35.2 Å². The van der Waals surface area contributed by atoms with E-state index in [0.717, 1.165) is 27.8 Å². The first-order chi connectivity index (χ1) is 21.1. The van der Waals surface area contributed by atoms with E-state index in [1.165, 1.54) is 19.5 Å². The van der Waals surface area contributed by atoms with Crippen molar-refractivity contribution >= 4 is 40.3 Å². The van der Waals surface area contributed by atoms with Crippen molar-refractivity contribution in [3.63, 3.8) is 0 Å². The van der Waals surface area contributed by atoms with Crippen LogP contribution in [-0.2, 0) is 9.53 Å². The Morgan fingerprint density at radius 3 is 2.00 bits per heavy atom. The van der Waals surface area contributed by atoms with Crippen molar-refractivity contribution in [3.8, 4) is 0 Å². The van der Waals surface area contributed by atoms with E-state index < -0.39 is 5.97 Å². The van der Waals surface area contributed by atoms with Gasteiger partial charge < -0.3 is 14.8 Å². The van der Waals surface area contributed by atoms with Gasteiger partial charge in [0.2, 0.25) is 5.43 Å². The second-order valence-corrected chi connectivity index (χ2v) is 10.4. The Labute approximate surface area is 256 Å². The Morgan fingerprint density at radius 2 is 1.36 bits per heavy atom. The summed E-state index contributed by atoms with van der Waals surface area (Å²) in [6.45, 7) is 7.88. The molecule has 0 radical (unpaired) electrons. The first kappa shape index (κ1) is 31.4. The smallest absolute Gasteiger partial charge is 0.343 e. The van der Waals surface area contributed by atoms with Crippen LogP contribution in [0.4, 0.5) is 5.69 Å². The second-order valence-electron chi connectivity index (χ2n) is 10.4. The van der Waals surface area contributed by atoms with Gasteiger partial charge in [-0.25, -0.2) is 4.79 Å². The number of esters is 1. The Balaban J connectivity index is 0.000000201. The summed E-state index contributed by atoms with van der Waals surface area (Å²) in [4.78, 5) is 44.2. The predicted molar refractivity (Wildman–Crippen MR) is 176 cm³/mol. The van der Waals surface area contributed by atoms with Gasteiger partial charge in [0.1, 0.15) is 11.3 Å². The minimum Gasteiger partial charge on any atom is -0.506 e. The number of carbonyl (C=O) groups excluding carboxylic acids is 2. The summed E-state index contributed by atoms with van der Waals surface area (Å²) in [5.41, 5.74) is 6.77. The molecule has 1 heterocycles. The van der Waals surface area contributed by atoms with Crippen LogP contribution in [0.5, 0.6) is 0 Å². The maximum absolute atomic E-state index is 12.6. The molecular formula is C37H34N2O5. The highest BCUT2D eigenvalue weighted by molar-refractivity contribution is 6.15. The molecule has 5 rings (SSSR count). The van der Waals surface area contributed by atoms with Gasteiger partial charge in [0.15, 0.2) is 5.78 Å². The van der Waals surface area contributed by atoms with Crippen LogP contribution in [0.3, 0.4) is 0 Å². The number of ketones is 1. The SMILES string of the molecule is COC(=O)C(C=Nc1ccccc1)=C(O)c1ccc(C)c(C)c1.Cc1ccc(C(=O)c2c[nH]c3ccccc3c2=O)cc1C. The van der Waals surface area contributed by atoms with Gasteiger partial charge in [-0.05, 0) is 86.3 Å². The van der Waals surface area contributed by atoms with Crippen molar-refractivity contribution in [2.75, 3.05) is 7.11 Å². The van der Waals surface area contributed by atoms with Crippen LogP contribution in [0.25, 0.3) is 16.7 Å². The van der Waals surface area contributed by atoms with E-state index >= 15 is 0 Å². The van der Waals surface area contributed by atoms with Gasteiger partial charge in [-0.15, -0.1) is 0 Å². The molecule has 0 aliphatic heterocycles. The molecule has 0 spiro atoms. The number of nitrogens with zero attached hydrogens (tertiary/aromatic N) is 1. The lowest BCUT2D eigenvalue weighted by Gasteiger charge is -2.08. The Morgan fingerprint density at radius 1 is 0.773 bits per heavy atom. The van der Waals surface area contributed by atoms with Crippen LogP contribution >= 0.6 is 0 Å². The highest BCUT2D eigenvalue weighted by Crippen LogP contribution is 2.21. The molecule has 44 heavy (non-hydrogen) atoms. The third-order valence-corrected chi connectivity index (χ3v) is 7.34. The Bertz CT molecular complexity index is 1950. The third-order valence-electron chi connectivity index (χ3n) is 7.34. The van der Waals surface area contributed by atoms with Crippen molar-refractivity contribution in [3.05, 3.63) is 152 Å². The summed E-state index contributed by atoms with van der Waals surface area (Å²) in [5.74, 6) is -1.04. The van der Waals surface area contributed by atoms with Gasteiger partial charge in [-0.2, -0.15) is 0 Å². The quantitative estimate of drug-likeness (QED) is 0.0703. The highest BCUT2D eigenvalue weighted by Gasteiger charge is 2.17. The summed E-state index contributed by atoms with van der Waals surface area (Å²) >= 11 is 0. The first-order valence-corrected chi connectivity index (χ1v) is 14.0. The van der Waals surface area contributed by atoms with Gasteiger partial charge in [-0.1, -0.05) is 54.6 Å². The lowest BCUT2D eigenvalue weighted by atomic mass is 9.99. The summed E-state index contributed by atoms with van der Waals surface area (Å²) < 4.78 is 4.75. The second kappa shape index (κ2) is 14.1. The molecule has 7 nitrogen and oxygen atoms in total. The largest absolute Gasteiger partial charge is 0.506 e. The van der Waals surface area contributed by atoms with Crippen LogP contribution < -0.4 is 5.43 Å². The molecule has 0 amide bonds. The zero-order valence-corrected chi connectivity index (χ0v) is 25.3. The molecule has 0 aliphatic carbocycles. The minimum absolute atomic E-state index is 0.0135. The van der Waals surface area contributed by atoms with Crippen LogP contribution in [0.1, 0.15) is 43.7 Å². The van der Waals surface area contributed by atoms with E-state index in [4.69, 9.17) is 4.74 Å². The number of aliphatic hydroxyl groups excluding tert-OH is 1. The number of para-hydroxylation sites is 2. The molecule has 0 saturated heterocycles. The van der Waals surface area contributed by atoms with Gasteiger partial charge in [0.05, 0.1) is 18.4 Å². The Kier molecular flexibility index (Phi) is 10.0. The number of aromatic nitrogens is 1. The zero-order valence-electron chi connectivity index (χ0n) is 25.3. The van der Waals surface area contributed by atoms with Gasteiger partial charge in [0.25, 0.3) is 0 Å². The number of pyridine rings is 1. The number of rotatable bonds is 6. The molecule has 0 bridgehead atoms. The number of aryl methyl sites for hydroxylation is 4. The van der Waals surface area contributed by atoms with Crippen LogP contribution in [0.15, 0.2) is 113 Å². The lowest BCUT2D eigenvalue weighted by Crippen LogP contribution is -2.16. The molecule has 2 N–H and O–H groups in total. The predicted octanol–water partition coefficient (Wildman–Crippen LogP) is 7.52. The van der Waals surface area contributed by atoms with E-state index in [2.05, 4.69) is 9.98 Å². The first-order valence-electron chi connectivity index (χ1n) is 14.0. The van der Waals surface area contributed by atoms with Gasteiger partial charge in [-0.3, -0.25) is 14.6 Å². The van der Waals surface area contributed by atoms with Crippen molar-refractivity contribution in [1.29, 1.82) is 0 Å². The fourth-order valence-corrected chi connectivity index (χ4v) is 4.39. The van der Waals surface area contributed by atoms with E-state index in [1.807, 2.05) is 82.3 Å². The molecule has 7 heteroatoms. The molecule has 1 aromatic heterocycles. The van der Waals surface area contributed by atoms with E-state index in [9.17, 15) is 19.5 Å². The normalized spacial score (nSPS) is 11.5. The summed E-state index contributed by atoms with van der Waals surface area (Å²) in [5, 5.41) is 11.0. The molecule has 0 unspecified atom stereocenters. The maximum atomic E-state index is 12.6. The van der Waals surface area contributed by atoms with Crippen molar-refractivity contribution in [2.45, 2.75) is 27.7 Å². The maximum Gasteiger partial charge on any atom is 0.343 e. The number of aliphatic hydroxyl groups is 1. The number of hydrogen-bond donors (Lipinski definition) is 2. The lowest BCUT2D eigenvalue weighted by molar-refractivity contribution is -0.135. The fraction of sp³-hybridized carbons (Fsp3) is 0.135. The monoisotopic (exact) mass is 586 g/mol. The van der Waals surface area contributed by atoms with E-state index in [0.29, 0.717) is 22.2 Å². The number of H-pyrrole nitrogens is 1. The fourth-order valence-electron chi connectivity index (χ4n) is 4.39. The molecule has 0 saturated carbocycles. The van der Waals surface area contributed by atoms with E-state index in [-0.39, 0.29) is 28.1 Å². The van der Waals surface area contributed by atoms with Crippen LogP contribution in [0.2, 0.25) is 0 Å². The van der Waals surface area contributed by atoms with Crippen molar-refractivity contribution in [2.24, 2.45) is 4.99 Å². The van der Waals surface area contributed by atoms with Gasteiger partial charge >= 0.3 is 5.97 Å². The molecule has 222 valence electrons. The number of ether oxygens (including phenoxy) is 1. The number of hydrogen-bond acceptors (Lipinski definition) is 6. The summed E-state index contributed by atoms with van der Waals surface area (Å²) in [6, 6.07) is 27.3. The van der Waals surface area contributed by atoms with Crippen molar-refractivity contribution < 1.29 is 19.4 Å². The average Bonchev–Trinajstić information content (AvgIpc) is 3.04. The highest BCUT2D eigenvalue weighted by atomic mass is 16.5. The van der Waals surface area contributed by atoms with Gasteiger partial charge in [0, 0.05) is 34.4 Å². The number of aromatic amines is 1.